The lowest BCUT2D eigenvalue weighted by molar-refractivity contribution is -0.143. The first-order valence-electron chi connectivity index (χ1n) is 17.5. The Morgan fingerprint density at radius 3 is 1.86 bits per heavy atom. The van der Waals surface area contributed by atoms with E-state index in [0.29, 0.717) is 25.9 Å². The van der Waals surface area contributed by atoms with Gasteiger partial charge in [0, 0.05) is 25.7 Å². The summed E-state index contributed by atoms with van der Waals surface area (Å²) in [6.07, 6.45) is 4.64. The van der Waals surface area contributed by atoms with Crippen LogP contribution in [0.25, 0.3) is 0 Å². The van der Waals surface area contributed by atoms with Crippen molar-refractivity contribution in [1.29, 1.82) is 0 Å². The third-order valence-electron chi connectivity index (χ3n) is 9.56. The van der Waals surface area contributed by atoms with Crippen LogP contribution in [-0.4, -0.2) is 69.5 Å². The van der Waals surface area contributed by atoms with Crippen molar-refractivity contribution in [2.75, 3.05) is 20.2 Å². The molecule has 0 aliphatic carbocycles. The van der Waals surface area contributed by atoms with E-state index < -0.39 is 29.6 Å². The van der Waals surface area contributed by atoms with Crippen molar-refractivity contribution < 1.29 is 19.1 Å². The standard InChI is InChI=1S/C42H45N5O4/c1-31(2)26-37(40(49)51-3)44-41(50)47-25-24-45(39(48)38(47)27-32-16-8-4-9-17-32)28-36-29-46(30-43-36)42(33-18-10-5-11-19-33,34-20-12-6-13-21-34)35-22-14-7-15-23-35/h4-23,29-31,37-38H,24-28H2,1-3H3,(H,44,50)/t37-,38-/m0/s1. The summed E-state index contributed by atoms with van der Waals surface area (Å²) in [6.45, 7) is 4.85. The first-order valence-corrected chi connectivity index (χ1v) is 17.5. The second-order valence-corrected chi connectivity index (χ2v) is 13.4. The highest BCUT2D eigenvalue weighted by Gasteiger charge is 2.41. The van der Waals surface area contributed by atoms with E-state index in [-0.39, 0.29) is 18.4 Å². The monoisotopic (exact) mass is 683 g/mol. The van der Waals surface area contributed by atoms with Gasteiger partial charge in [0.2, 0.25) is 5.91 Å². The number of nitrogens with zero attached hydrogens (tertiary/aromatic N) is 4. The number of amides is 3. The highest BCUT2D eigenvalue weighted by molar-refractivity contribution is 5.90. The lowest BCUT2D eigenvalue weighted by Gasteiger charge is -2.41. The lowest BCUT2D eigenvalue weighted by atomic mass is 9.77. The summed E-state index contributed by atoms with van der Waals surface area (Å²) in [5.41, 5.74) is 4.17. The van der Waals surface area contributed by atoms with Crippen LogP contribution in [0.1, 0.15) is 48.2 Å². The third kappa shape index (κ3) is 7.57. The number of carbonyl (C=O) groups is 3. The summed E-state index contributed by atoms with van der Waals surface area (Å²) < 4.78 is 7.12. The molecule has 5 aromatic rings. The summed E-state index contributed by atoms with van der Waals surface area (Å²) in [6, 6.07) is 38.8. The number of aromatic nitrogens is 2. The number of imidazole rings is 1. The number of benzene rings is 4. The van der Waals surface area contributed by atoms with Gasteiger partial charge in [-0.25, -0.2) is 14.6 Å². The molecule has 2 atom stereocenters. The average Bonchev–Trinajstić information content (AvgIpc) is 3.63. The molecule has 0 bridgehead atoms. The van der Waals surface area contributed by atoms with Crippen molar-refractivity contribution in [2.24, 2.45) is 5.92 Å². The Balaban J connectivity index is 1.31. The van der Waals surface area contributed by atoms with Crippen LogP contribution < -0.4 is 5.32 Å². The second kappa shape index (κ2) is 15.9. The Labute approximate surface area is 299 Å². The zero-order valence-corrected chi connectivity index (χ0v) is 29.4. The summed E-state index contributed by atoms with van der Waals surface area (Å²) in [7, 11) is 1.31. The first-order chi connectivity index (χ1) is 24.8. The molecule has 3 amide bonds. The fraction of sp³-hybridized carbons (Fsp3) is 0.286. The Morgan fingerprint density at radius 2 is 1.35 bits per heavy atom. The normalized spacial score (nSPS) is 15.5. The van der Waals surface area contributed by atoms with Crippen molar-refractivity contribution in [3.05, 3.63) is 162 Å². The first kappa shape index (κ1) is 35.1. The van der Waals surface area contributed by atoms with Gasteiger partial charge in [-0.05, 0) is 34.6 Å². The Morgan fingerprint density at radius 1 is 0.824 bits per heavy atom. The number of rotatable bonds is 12. The molecule has 0 spiro atoms. The minimum Gasteiger partial charge on any atom is -0.467 e. The van der Waals surface area contributed by atoms with Crippen LogP contribution in [-0.2, 0) is 32.8 Å². The summed E-state index contributed by atoms with van der Waals surface area (Å²) in [4.78, 5) is 48.9. The van der Waals surface area contributed by atoms with Gasteiger partial charge >= 0.3 is 12.0 Å². The van der Waals surface area contributed by atoms with Crippen molar-refractivity contribution in [1.82, 2.24) is 24.7 Å². The van der Waals surface area contributed by atoms with Crippen LogP contribution in [0, 0.1) is 5.92 Å². The van der Waals surface area contributed by atoms with Gasteiger partial charge in [-0.1, -0.05) is 135 Å². The van der Waals surface area contributed by atoms with Gasteiger partial charge in [0.05, 0.1) is 25.7 Å². The number of esters is 1. The second-order valence-electron chi connectivity index (χ2n) is 13.4. The Kier molecular flexibility index (Phi) is 10.9. The topological polar surface area (TPSA) is 96.8 Å². The number of piperazine rings is 1. The van der Waals surface area contributed by atoms with E-state index in [1.54, 1.807) is 9.80 Å². The van der Waals surface area contributed by atoms with Crippen molar-refractivity contribution in [3.63, 3.8) is 0 Å². The van der Waals surface area contributed by atoms with Gasteiger partial charge in [0.1, 0.15) is 17.6 Å². The molecule has 0 radical (unpaired) electrons. The number of hydrogen-bond acceptors (Lipinski definition) is 5. The molecule has 4 aromatic carbocycles. The fourth-order valence-corrected chi connectivity index (χ4v) is 7.14. The highest BCUT2D eigenvalue weighted by atomic mass is 16.5. The van der Waals surface area contributed by atoms with Crippen LogP contribution >= 0.6 is 0 Å². The molecule has 0 unspecified atom stereocenters. The third-order valence-corrected chi connectivity index (χ3v) is 9.56. The van der Waals surface area contributed by atoms with Gasteiger partial charge < -0.3 is 24.4 Å². The van der Waals surface area contributed by atoms with E-state index in [1.165, 1.54) is 7.11 Å². The van der Waals surface area contributed by atoms with E-state index >= 15 is 0 Å². The number of carbonyl (C=O) groups excluding carboxylic acids is 3. The molecule has 1 aromatic heterocycles. The van der Waals surface area contributed by atoms with Crippen LogP contribution in [0.4, 0.5) is 4.79 Å². The average molecular weight is 684 g/mol. The number of methoxy groups -OCH3 is 1. The summed E-state index contributed by atoms with van der Waals surface area (Å²) >= 11 is 0. The van der Waals surface area contributed by atoms with E-state index in [1.807, 2.05) is 111 Å². The highest BCUT2D eigenvalue weighted by Crippen LogP contribution is 2.41. The van der Waals surface area contributed by atoms with Crippen molar-refractivity contribution in [2.45, 2.75) is 50.9 Å². The minimum absolute atomic E-state index is 0.150. The van der Waals surface area contributed by atoms with Gasteiger partial charge in [-0.2, -0.15) is 0 Å². The predicted molar refractivity (Wildman–Crippen MR) is 197 cm³/mol. The molecule has 9 heteroatoms. The number of ether oxygens (including phenoxy) is 1. The van der Waals surface area contributed by atoms with Crippen LogP contribution in [0.15, 0.2) is 134 Å². The summed E-state index contributed by atoms with van der Waals surface area (Å²) in [5, 5.41) is 2.86. The van der Waals surface area contributed by atoms with E-state index in [4.69, 9.17) is 9.72 Å². The van der Waals surface area contributed by atoms with Crippen LogP contribution in [0.3, 0.4) is 0 Å². The van der Waals surface area contributed by atoms with Gasteiger partial charge in [0.15, 0.2) is 0 Å². The van der Waals surface area contributed by atoms with Gasteiger partial charge in [-0.3, -0.25) is 4.79 Å². The van der Waals surface area contributed by atoms with Crippen molar-refractivity contribution in [3.8, 4) is 0 Å². The van der Waals surface area contributed by atoms with Gasteiger partial charge in [-0.15, -0.1) is 0 Å². The maximum Gasteiger partial charge on any atom is 0.328 e. The minimum atomic E-state index is -0.809. The molecule has 1 aliphatic rings. The zero-order valence-electron chi connectivity index (χ0n) is 29.4. The van der Waals surface area contributed by atoms with Crippen LogP contribution in [0.2, 0.25) is 0 Å². The molecular formula is C42H45N5O4. The molecule has 1 N–H and O–H groups in total. The van der Waals surface area contributed by atoms with Crippen LogP contribution in [0.5, 0.6) is 0 Å². The number of urea groups is 1. The number of hydrogen-bond donors (Lipinski definition) is 1. The molecule has 6 rings (SSSR count). The molecule has 1 saturated heterocycles. The van der Waals surface area contributed by atoms with E-state index in [0.717, 1.165) is 27.9 Å². The largest absolute Gasteiger partial charge is 0.467 e. The van der Waals surface area contributed by atoms with E-state index in [9.17, 15) is 14.4 Å². The Hall–Kier alpha value is -5.70. The van der Waals surface area contributed by atoms with E-state index in [2.05, 4.69) is 46.3 Å². The maximum absolute atomic E-state index is 14.3. The number of nitrogens with one attached hydrogen (secondary N) is 1. The zero-order chi connectivity index (χ0) is 35.8. The molecule has 262 valence electrons. The molecule has 1 aliphatic heterocycles. The molecule has 1 fully saturated rings. The summed E-state index contributed by atoms with van der Waals surface area (Å²) in [5.74, 6) is -0.527. The lowest BCUT2D eigenvalue weighted by Crippen LogP contribution is -2.62. The molecule has 51 heavy (non-hydrogen) atoms. The molecule has 9 nitrogen and oxygen atoms in total. The Bertz CT molecular complexity index is 1800. The van der Waals surface area contributed by atoms with Crippen molar-refractivity contribution >= 4 is 17.9 Å². The molecule has 0 saturated carbocycles. The fourth-order valence-electron chi connectivity index (χ4n) is 7.14. The smallest absolute Gasteiger partial charge is 0.328 e. The maximum atomic E-state index is 14.3. The predicted octanol–water partition coefficient (Wildman–Crippen LogP) is 6.28. The quantitative estimate of drug-likeness (QED) is 0.124. The molecular weight excluding hydrogens is 638 g/mol. The van der Waals surface area contributed by atoms with Gasteiger partial charge in [0.25, 0.3) is 0 Å². The molecule has 2 heterocycles. The SMILES string of the molecule is COC(=O)[C@H](CC(C)C)NC(=O)N1CCN(Cc2cn(C(c3ccccc3)(c3ccccc3)c3ccccc3)cn2)C(=O)[C@@H]1Cc1ccccc1.